The Hall–Kier alpha value is -2.72. The Morgan fingerprint density at radius 3 is 2.55 bits per heavy atom. The average Bonchev–Trinajstić information content (AvgIpc) is 3.27. The molecule has 2 heterocycles. The Morgan fingerprint density at radius 2 is 2.00 bits per heavy atom. The molecule has 0 aliphatic rings. The summed E-state index contributed by atoms with van der Waals surface area (Å²) in [7, 11) is 2.88. The summed E-state index contributed by atoms with van der Waals surface area (Å²) in [5, 5.41) is 5.48. The van der Waals surface area contributed by atoms with Crippen molar-refractivity contribution >= 4 is 34.3 Å². The lowest BCUT2D eigenvalue weighted by Gasteiger charge is -2.12. The van der Waals surface area contributed by atoms with E-state index in [0.717, 1.165) is 23.6 Å². The molecule has 3 aromatic rings. The standard InChI is InChI=1S/C18H12ClF4N3O2S/c1-26(2)8-9(16(27)18(21,22)23)15-13(17-24-6-7-29-17)14(25-28-15)12-10(19)4-3-5-11(12)20/h3-8H,1-2H3/b9-8-. The summed E-state index contributed by atoms with van der Waals surface area (Å²) in [5.74, 6) is -3.37. The van der Waals surface area contributed by atoms with Gasteiger partial charge in [-0.15, -0.1) is 11.3 Å². The molecule has 29 heavy (non-hydrogen) atoms. The summed E-state index contributed by atoms with van der Waals surface area (Å²) in [6.45, 7) is 0. The van der Waals surface area contributed by atoms with Gasteiger partial charge in [-0.05, 0) is 12.1 Å². The number of hydrogen-bond donors (Lipinski definition) is 0. The number of carbonyl (C=O) groups is 1. The minimum atomic E-state index is -5.16. The van der Waals surface area contributed by atoms with E-state index >= 15 is 0 Å². The van der Waals surface area contributed by atoms with Gasteiger partial charge in [-0.1, -0.05) is 22.8 Å². The molecular formula is C18H12ClF4N3O2S. The molecule has 1 aromatic carbocycles. The molecule has 0 atom stereocenters. The van der Waals surface area contributed by atoms with Gasteiger partial charge in [0.25, 0.3) is 5.78 Å². The van der Waals surface area contributed by atoms with E-state index in [0.29, 0.717) is 0 Å². The van der Waals surface area contributed by atoms with Crippen LogP contribution in [0.15, 0.2) is 40.5 Å². The number of ketones is 1. The van der Waals surface area contributed by atoms with Crippen LogP contribution in [0.4, 0.5) is 17.6 Å². The summed E-state index contributed by atoms with van der Waals surface area (Å²) < 4.78 is 59.2. The third-order valence-corrected chi connectivity index (χ3v) is 4.78. The summed E-state index contributed by atoms with van der Waals surface area (Å²) >= 11 is 7.16. The Kier molecular flexibility index (Phi) is 5.76. The van der Waals surface area contributed by atoms with Crippen molar-refractivity contribution in [2.45, 2.75) is 6.18 Å². The monoisotopic (exact) mass is 445 g/mol. The van der Waals surface area contributed by atoms with E-state index < -0.39 is 29.1 Å². The molecule has 3 rings (SSSR count). The maximum atomic E-state index is 14.5. The maximum absolute atomic E-state index is 14.5. The highest BCUT2D eigenvalue weighted by molar-refractivity contribution is 7.13. The number of thiazole rings is 1. The van der Waals surface area contributed by atoms with Crippen LogP contribution in [-0.4, -0.2) is 41.1 Å². The molecule has 152 valence electrons. The van der Waals surface area contributed by atoms with E-state index in [1.807, 2.05) is 0 Å². The van der Waals surface area contributed by atoms with Gasteiger partial charge in [0.1, 0.15) is 16.5 Å². The molecule has 2 aromatic heterocycles. The van der Waals surface area contributed by atoms with Gasteiger partial charge in [0, 0.05) is 31.9 Å². The zero-order valence-electron chi connectivity index (χ0n) is 14.9. The highest BCUT2D eigenvalue weighted by Crippen LogP contribution is 2.43. The minimum absolute atomic E-state index is 0.0251. The summed E-state index contributed by atoms with van der Waals surface area (Å²) in [6, 6.07) is 3.89. The number of aromatic nitrogens is 2. The molecule has 11 heteroatoms. The minimum Gasteiger partial charge on any atom is -0.383 e. The van der Waals surface area contributed by atoms with Crippen LogP contribution in [-0.2, 0) is 4.79 Å². The predicted molar refractivity (Wildman–Crippen MR) is 101 cm³/mol. The fourth-order valence-corrected chi connectivity index (χ4v) is 3.48. The van der Waals surface area contributed by atoms with Crippen LogP contribution in [0.25, 0.3) is 27.4 Å². The van der Waals surface area contributed by atoms with Crippen molar-refractivity contribution in [2.24, 2.45) is 0 Å². The third kappa shape index (κ3) is 4.18. The van der Waals surface area contributed by atoms with Crippen molar-refractivity contribution < 1.29 is 26.9 Å². The normalized spacial score (nSPS) is 12.3. The van der Waals surface area contributed by atoms with Gasteiger partial charge in [-0.25, -0.2) is 9.37 Å². The summed E-state index contributed by atoms with van der Waals surface area (Å²) in [4.78, 5) is 17.4. The van der Waals surface area contributed by atoms with Gasteiger partial charge in [0.2, 0.25) is 0 Å². The Bertz CT molecular complexity index is 1060. The van der Waals surface area contributed by atoms with Gasteiger partial charge in [-0.2, -0.15) is 13.2 Å². The quantitative estimate of drug-likeness (QED) is 0.394. The van der Waals surface area contributed by atoms with E-state index in [2.05, 4.69) is 10.1 Å². The molecule has 0 aliphatic carbocycles. The van der Waals surface area contributed by atoms with Crippen molar-refractivity contribution in [2.75, 3.05) is 14.1 Å². The predicted octanol–water partition coefficient (Wildman–Crippen LogP) is 5.29. The molecule has 0 aliphatic heterocycles. The number of nitrogens with zero attached hydrogens (tertiary/aromatic N) is 3. The Balaban J connectivity index is 2.33. The first-order valence-corrected chi connectivity index (χ1v) is 9.21. The molecule has 0 spiro atoms. The van der Waals surface area contributed by atoms with Gasteiger partial charge in [-0.3, -0.25) is 4.79 Å². The van der Waals surface area contributed by atoms with Crippen LogP contribution >= 0.6 is 22.9 Å². The number of benzene rings is 1. The largest absolute Gasteiger partial charge is 0.455 e. The molecule has 0 fully saturated rings. The van der Waals surface area contributed by atoms with Gasteiger partial charge in [0.05, 0.1) is 21.7 Å². The Labute approximate surface area is 171 Å². The molecular weight excluding hydrogens is 434 g/mol. The lowest BCUT2D eigenvalue weighted by Crippen LogP contribution is -2.25. The second-order valence-electron chi connectivity index (χ2n) is 6.00. The highest BCUT2D eigenvalue weighted by Gasteiger charge is 2.44. The lowest BCUT2D eigenvalue weighted by molar-refractivity contribution is -0.164. The molecule has 5 nitrogen and oxygen atoms in total. The zero-order valence-corrected chi connectivity index (χ0v) is 16.5. The van der Waals surface area contributed by atoms with E-state index in [9.17, 15) is 22.4 Å². The van der Waals surface area contributed by atoms with Crippen molar-refractivity contribution in [3.8, 4) is 21.8 Å². The van der Waals surface area contributed by atoms with E-state index in [1.54, 1.807) is 5.38 Å². The van der Waals surface area contributed by atoms with Crippen molar-refractivity contribution in [1.29, 1.82) is 0 Å². The molecule has 0 bridgehead atoms. The SMILES string of the molecule is CN(C)/C=C(\C(=O)C(F)(F)F)c1onc(-c2c(F)cccc2Cl)c1-c1nccs1. The fourth-order valence-electron chi connectivity index (χ4n) is 2.55. The van der Waals surface area contributed by atoms with E-state index in [4.69, 9.17) is 16.1 Å². The smallest absolute Gasteiger partial charge is 0.383 e. The molecule has 0 saturated heterocycles. The second kappa shape index (κ2) is 7.96. The third-order valence-electron chi connectivity index (χ3n) is 3.67. The van der Waals surface area contributed by atoms with Crippen LogP contribution in [0, 0.1) is 5.82 Å². The number of allylic oxidation sites excluding steroid dienone is 1. The Morgan fingerprint density at radius 1 is 1.28 bits per heavy atom. The molecule has 0 saturated carbocycles. The van der Waals surface area contributed by atoms with Gasteiger partial charge < -0.3 is 9.42 Å². The summed E-state index contributed by atoms with van der Waals surface area (Å²) in [5.41, 5.74) is -1.17. The average molecular weight is 446 g/mol. The van der Waals surface area contributed by atoms with E-state index in [1.165, 1.54) is 37.3 Å². The number of Topliss-reactive ketones (excluding diaryl/α,β-unsaturated/α-hetero) is 1. The van der Waals surface area contributed by atoms with Crippen LogP contribution < -0.4 is 0 Å². The number of rotatable bonds is 5. The van der Waals surface area contributed by atoms with Crippen LogP contribution in [0.5, 0.6) is 0 Å². The first kappa shape index (κ1) is 21.0. The van der Waals surface area contributed by atoms with E-state index in [-0.39, 0.29) is 26.9 Å². The summed E-state index contributed by atoms with van der Waals surface area (Å²) in [6.07, 6.45) is -2.80. The molecule has 0 N–H and O–H groups in total. The topological polar surface area (TPSA) is 59.2 Å². The van der Waals surface area contributed by atoms with Crippen molar-refractivity contribution in [1.82, 2.24) is 15.0 Å². The number of alkyl halides is 3. The molecule has 0 radical (unpaired) electrons. The second-order valence-corrected chi connectivity index (χ2v) is 7.30. The fraction of sp³-hybridized carbons (Fsp3) is 0.167. The number of carbonyl (C=O) groups excluding carboxylic acids is 1. The van der Waals surface area contributed by atoms with Gasteiger partial charge in [0.15, 0.2) is 5.76 Å². The number of hydrogen-bond acceptors (Lipinski definition) is 6. The van der Waals surface area contributed by atoms with Crippen molar-refractivity contribution in [3.05, 3.63) is 52.6 Å². The highest BCUT2D eigenvalue weighted by atomic mass is 35.5. The first-order valence-electron chi connectivity index (χ1n) is 7.95. The van der Waals surface area contributed by atoms with Crippen LogP contribution in [0.2, 0.25) is 5.02 Å². The lowest BCUT2D eigenvalue weighted by atomic mass is 10.00. The number of halogens is 5. The van der Waals surface area contributed by atoms with Gasteiger partial charge >= 0.3 is 6.18 Å². The maximum Gasteiger partial charge on any atom is 0.455 e. The molecule has 0 amide bonds. The van der Waals surface area contributed by atoms with Crippen LogP contribution in [0.3, 0.4) is 0 Å². The van der Waals surface area contributed by atoms with Crippen LogP contribution in [0.1, 0.15) is 5.76 Å². The first-order chi connectivity index (χ1) is 13.6. The molecule has 0 unspecified atom stereocenters. The zero-order chi connectivity index (χ0) is 21.3. The van der Waals surface area contributed by atoms with Crippen molar-refractivity contribution in [3.63, 3.8) is 0 Å².